The van der Waals surface area contributed by atoms with E-state index in [-0.39, 0.29) is 0 Å². The number of nitrogen functional groups attached to an aromatic ring is 1. The fraction of sp³-hybridized carbons (Fsp3) is 0. The summed E-state index contributed by atoms with van der Waals surface area (Å²) < 4.78 is 2.90. The number of hydrogen-bond donors (Lipinski definition) is 1. The van der Waals surface area contributed by atoms with Crippen molar-refractivity contribution in [1.82, 2.24) is 14.6 Å². The molecule has 0 aliphatic rings. The first-order valence-corrected chi connectivity index (χ1v) is 7.30. The molecule has 2 N–H and O–H groups in total. The van der Waals surface area contributed by atoms with Crippen LogP contribution >= 0.6 is 15.9 Å². The molecule has 2 aromatic heterocycles. The third-order valence-electron chi connectivity index (χ3n) is 3.53. The Kier molecular flexibility index (Phi) is 2.68. The van der Waals surface area contributed by atoms with Gasteiger partial charge in [-0.1, -0.05) is 24.3 Å². The average molecular weight is 339 g/mol. The van der Waals surface area contributed by atoms with Gasteiger partial charge in [0.1, 0.15) is 0 Å². The number of fused-ring (bicyclic) bond motifs is 2. The van der Waals surface area contributed by atoms with Crippen LogP contribution in [0.15, 0.2) is 59.2 Å². The van der Waals surface area contributed by atoms with E-state index in [0.29, 0.717) is 5.69 Å². The molecule has 0 atom stereocenters. The first-order valence-electron chi connectivity index (χ1n) is 6.51. The minimum absolute atomic E-state index is 0.697. The normalized spacial score (nSPS) is 11.3. The molecule has 0 amide bonds. The van der Waals surface area contributed by atoms with Crippen molar-refractivity contribution in [2.24, 2.45) is 0 Å². The van der Waals surface area contributed by atoms with Gasteiger partial charge in [-0.3, -0.25) is 4.40 Å². The van der Waals surface area contributed by atoms with Gasteiger partial charge in [-0.15, -0.1) is 10.2 Å². The summed E-state index contributed by atoms with van der Waals surface area (Å²) in [7, 11) is 0. The van der Waals surface area contributed by atoms with Crippen molar-refractivity contribution >= 4 is 38.0 Å². The molecule has 102 valence electrons. The first kappa shape index (κ1) is 12.3. The van der Waals surface area contributed by atoms with Crippen molar-refractivity contribution in [3.63, 3.8) is 0 Å². The van der Waals surface area contributed by atoms with Gasteiger partial charge >= 0.3 is 0 Å². The van der Waals surface area contributed by atoms with Crippen LogP contribution < -0.4 is 5.73 Å². The molecule has 5 heteroatoms. The number of anilines is 1. The summed E-state index contributed by atoms with van der Waals surface area (Å²) in [5.74, 6) is 0.745. The molecule has 0 bridgehead atoms. The molecule has 4 aromatic rings. The molecule has 0 fully saturated rings. The molecule has 0 unspecified atom stereocenters. The van der Waals surface area contributed by atoms with Gasteiger partial charge in [-0.2, -0.15) is 0 Å². The summed E-state index contributed by atoms with van der Waals surface area (Å²) in [6, 6.07) is 16.0. The number of nitrogens with two attached hydrogens (primary N) is 1. The van der Waals surface area contributed by atoms with Gasteiger partial charge in [0.25, 0.3) is 0 Å². The Labute approximate surface area is 129 Å². The fourth-order valence-corrected chi connectivity index (χ4v) is 2.84. The van der Waals surface area contributed by atoms with Crippen molar-refractivity contribution in [3.8, 4) is 11.4 Å². The zero-order valence-electron chi connectivity index (χ0n) is 11.0. The van der Waals surface area contributed by atoms with Gasteiger partial charge in [0, 0.05) is 21.9 Å². The number of rotatable bonds is 1. The molecular weight excluding hydrogens is 328 g/mol. The zero-order valence-corrected chi connectivity index (χ0v) is 12.6. The molecule has 4 nitrogen and oxygen atoms in total. The van der Waals surface area contributed by atoms with Crippen LogP contribution in [0.2, 0.25) is 0 Å². The van der Waals surface area contributed by atoms with E-state index in [4.69, 9.17) is 5.73 Å². The maximum absolute atomic E-state index is 6.21. The molecule has 0 saturated carbocycles. The quantitative estimate of drug-likeness (QED) is 0.535. The van der Waals surface area contributed by atoms with Gasteiger partial charge in [0.15, 0.2) is 11.5 Å². The predicted molar refractivity (Wildman–Crippen MR) is 88.0 cm³/mol. The maximum atomic E-state index is 6.21. The molecule has 0 spiro atoms. The van der Waals surface area contributed by atoms with Crippen LogP contribution in [0.4, 0.5) is 5.69 Å². The van der Waals surface area contributed by atoms with E-state index in [1.54, 1.807) is 0 Å². The topological polar surface area (TPSA) is 56.2 Å². The smallest absolute Gasteiger partial charge is 0.170 e. The SMILES string of the molecule is Nc1cc2ccccc2cc1-c1nnc2ccc(Br)cn12. The van der Waals surface area contributed by atoms with Crippen LogP contribution in [0.3, 0.4) is 0 Å². The minimum Gasteiger partial charge on any atom is -0.398 e. The molecule has 0 saturated heterocycles. The van der Waals surface area contributed by atoms with Crippen LogP contribution in [-0.4, -0.2) is 14.6 Å². The highest BCUT2D eigenvalue weighted by Crippen LogP contribution is 2.30. The molecule has 0 aliphatic heterocycles. The first-order chi connectivity index (χ1) is 10.2. The molecule has 2 aromatic carbocycles. The molecular formula is C16H11BrN4. The van der Waals surface area contributed by atoms with E-state index in [1.165, 1.54) is 0 Å². The molecule has 2 heterocycles. The van der Waals surface area contributed by atoms with E-state index in [1.807, 2.05) is 47.0 Å². The summed E-state index contributed by atoms with van der Waals surface area (Å²) in [4.78, 5) is 0. The zero-order chi connectivity index (χ0) is 14.4. The third kappa shape index (κ3) is 1.97. The molecule has 21 heavy (non-hydrogen) atoms. The molecule has 4 rings (SSSR count). The summed E-state index contributed by atoms with van der Waals surface area (Å²) in [5, 5.41) is 10.7. The van der Waals surface area contributed by atoms with Gasteiger partial charge < -0.3 is 5.73 Å². The number of hydrogen-bond acceptors (Lipinski definition) is 3. The van der Waals surface area contributed by atoms with Crippen molar-refractivity contribution < 1.29 is 0 Å². The Morgan fingerprint density at radius 3 is 2.52 bits per heavy atom. The minimum atomic E-state index is 0.697. The van der Waals surface area contributed by atoms with E-state index >= 15 is 0 Å². The van der Waals surface area contributed by atoms with E-state index < -0.39 is 0 Å². The van der Waals surface area contributed by atoms with E-state index in [2.05, 4.69) is 38.3 Å². The lowest BCUT2D eigenvalue weighted by Crippen LogP contribution is -1.95. The third-order valence-corrected chi connectivity index (χ3v) is 3.99. The second-order valence-corrected chi connectivity index (χ2v) is 5.80. The number of benzene rings is 2. The Bertz CT molecular complexity index is 975. The average Bonchev–Trinajstić information content (AvgIpc) is 2.89. The Morgan fingerprint density at radius 1 is 0.952 bits per heavy atom. The summed E-state index contributed by atoms with van der Waals surface area (Å²) in [6.07, 6.45) is 1.94. The summed E-state index contributed by atoms with van der Waals surface area (Å²) in [5.41, 5.74) is 8.59. The van der Waals surface area contributed by atoms with Gasteiger partial charge in [0.05, 0.1) is 0 Å². The van der Waals surface area contributed by atoms with Crippen molar-refractivity contribution in [3.05, 3.63) is 59.2 Å². The lowest BCUT2D eigenvalue weighted by Gasteiger charge is -2.07. The largest absolute Gasteiger partial charge is 0.398 e. The molecule has 0 aliphatic carbocycles. The van der Waals surface area contributed by atoms with Crippen LogP contribution in [0.25, 0.3) is 27.8 Å². The van der Waals surface area contributed by atoms with Crippen molar-refractivity contribution in [1.29, 1.82) is 0 Å². The fourth-order valence-electron chi connectivity index (χ4n) is 2.50. The lowest BCUT2D eigenvalue weighted by atomic mass is 10.0. The monoisotopic (exact) mass is 338 g/mol. The summed E-state index contributed by atoms with van der Waals surface area (Å²) >= 11 is 3.47. The Morgan fingerprint density at radius 2 is 1.71 bits per heavy atom. The Balaban J connectivity index is 2.03. The van der Waals surface area contributed by atoms with Crippen LogP contribution in [0, 0.1) is 0 Å². The second-order valence-electron chi connectivity index (χ2n) is 4.89. The second kappa shape index (κ2) is 4.56. The predicted octanol–water partition coefficient (Wildman–Crippen LogP) is 3.89. The van der Waals surface area contributed by atoms with Gasteiger partial charge in [-0.25, -0.2) is 0 Å². The van der Waals surface area contributed by atoms with Crippen molar-refractivity contribution in [2.75, 3.05) is 5.73 Å². The van der Waals surface area contributed by atoms with Crippen LogP contribution in [0.1, 0.15) is 0 Å². The summed E-state index contributed by atoms with van der Waals surface area (Å²) in [6.45, 7) is 0. The standard InChI is InChI=1S/C16H11BrN4/c17-12-5-6-15-19-20-16(21(15)9-12)13-7-10-3-1-2-4-11(10)8-14(13)18/h1-9H,18H2. The lowest BCUT2D eigenvalue weighted by molar-refractivity contribution is 1.11. The highest BCUT2D eigenvalue weighted by molar-refractivity contribution is 9.10. The van der Waals surface area contributed by atoms with Crippen molar-refractivity contribution in [2.45, 2.75) is 0 Å². The van der Waals surface area contributed by atoms with E-state index in [0.717, 1.165) is 32.3 Å². The van der Waals surface area contributed by atoms with Gasteiger partial charge in [0.2, 0.25) is 0 Å². The maximum Gasteiger partial charge on any atom is 0.170 e. The van der Waals surface area contributed by atoms with Crippen LogP contribution in [-0.2, 0) is 0 Å². The van der Waals surface area contributed by atoms with Gasteiger partial charge in [-0.05, 0) is 51.0 Å². The number of pyridine rings is 1. The number of halogens is 1. The van der Waals surface area contributed by atoms with E-state index in [9.17, 15) is 0 Å². The molecule has 0 radical (unpaired) electrons. The highest BCUT2D eigenvalue weighted by atomic mass is 79.9. The highest BCUT2D eigenvalue weighted by Gasteiger charge is 2.12. The van der Waals surface area contributed by atoms with Crippen LogP contribution in [0.5, 0.6) is 0 Å². The Hall–Kier alpha value is -2.40. The number of aromatic nitrogens is 3. The number of nitrogens with zero attached hydrogens (tertiary/aromatic N) is 3.